The summed E-state index contributed by atoms with van der Waals surface area (Å²) in [6.07, 6.45) is 11.8. The Morgan fingerprint density at radius 2 is 1.75 bits per heavy atom. The van der Waals surface area contributed by atoms with Crippen LogP contribution in [0, 0.1) is 5.92 Å². The molecule has 2 saturated carbocycles. The van der Waals surface area contributed by atoms with Gasteiger partial charge in [-0.15, -0.1) is 0 Å². The van der Waals surface area contributed by atoms with Gasteiger partial charge >= 0.3 is 0 Å². The van der Waals surface area contributed by atoms with Crippen molar-refractivity contribution < 1.29 is 0 Å². The van der Waals surface area contributed by atoms with Crippen LogP contribution in [0.25, 0.3) is 0 Å². The van der Waals surface area contributed by atoms with E-state index in [1.54, 1.807) is 0 Å². The number of piperidine rings is 1. The lowest BCUT2D eigenvalue weighted by atomic mass is 9.78. The molecule has 1 saturated heterocycles. The van der Waals surface area contributed by atoms with Gasteiger partial charge in [0.2, 0.25) is 0 Å². The predicted molar refractivity (Wildman–Crippen MR) is 67.6 cm³/mol. The van der Waals surface area contributed by atoms with E-state index in [4.69, 9.17) is 0 Å². The van der Waals surface area contributed by atoms with Gasteiger partial charge in [0.15, 0.2) is 0 Å². The van der Waals surface area contributed by atoms with Crippen molar-refractivity contribution in [2.45, 2.75) is 63.5 Å². The molecule has 2 unspecified atom stereocenters. The van der Waals surface area contributed by atoms with E-state index in [-0.39, 0.29) is 0 Å². The SMILES string of the molecule is C1CCC2C(C1)CCCN2CCNC1CC1. The zero-order valence-corrected chi connectivity index (χ0v) is 10.5. The second-order valence-corrected chi connectivity index (χ2v) is 6.02. The molecule has 0 aromatic carbocycles. The van der Waals surface area contributed by atoms with Gasteiger partial charge in [0.05, 0.1) is 0 Å². The molecule has 0 aromatic heterocycles. The zero-order valence-electron chi connectivity index (χ0n) is 10.5. The van der Waals surface area contributed by atoms with Crippen LogP contribution >= 0.6 is 0 Å². The number of likely N-dealkylation sites (tertiary alicyclic amines) is 1. The predicted octanol–water partition coefficient (Wildman–Crippen LogP) is 2.39. The van der Waals surface area contributed by atoms with E-state index in [1.807, 2.05) is 0 Å². The topological polar surface area (TPSA) is 15.3 Å². The second kappa shape index (κ2) is 5.05. The maximum absolute atomic E-state index is 3.66. The highest BCUT2D eigenvalue weighted by molar-refractivity contribution is 4.88. The molecule has 2 heteroatoms. The minimum absolute atomic E-state index is 0.881. The number of nitrogens with one attached hydrogen (secondary N) is 1. The Bertz CT molecular complexity index is 223. The third-order valence-corrected chi connectivity index (χ3v) is 4.77. The zero-order chi connectivity index (χ0) is 10.8. The van der Waals surface area contributed by atoms with E-state index < -0.39 is 0 Å². The molecule has 3 rings (SSSR count). The summed E-state index contributed by atoms with van der Waals surface area (Å²) in [4.78, 5) is 2.79. The van der Waals surface area contributed by atoms with E-state index in [9.17, 15) is 0 Å². The first-order chi connectivity index (χ1) is 7.93. The van der Waals surface area contributed by atoms with Crippen LogP contribution in [0.5, 0.6) is 0 Å². The Kier molecular flexibility index (Phi) is 3.49. The van der Waals surface area contributed by atoms with Gasteiger partial charge in [-0.05, 0) is 51.0 Å². The number of nitrogens with zero attached hydrogens (tertiary/aromatic N) is 1. The Balaban J connectivity index is 1.47. The Labute approximate surface area is 99.8 Å². The molecule has 0 amide bonds. The first-order valence-corrected chi connectivity index (χ1v) is 7.41. The van der Waals surface area contributed by atoms with Crippen LogP contribution in [0.15, 0.2) is 0 Å². The second-order valence-electron chi connectivity index (χ2n) is 6.02. The Morgan fingerprint density at radius 1 is 0.938 bits per heavy atom. The average molecular weight is 222 g/mol. The molecule has 1 heterocycles. The van der Waals surface area contributed by atoms with Crippen molar-refractivity contribution in [2.75, 3.05) is 19.6 Å². The lowest BCUT2D eigenvalue weighted by Crippen LogP contribution is -2.48. The summed E-state index contributed by atoms with van der Waals surface area (Å²) in [6.45, 7) is 3.90. The summed E-state index contributed by atoms with van der Waals surface area (Å²) in [5, 5.41) is 3.66. The highest BCUT2D eigenvalue weighted by atomic mass is 15.2. The molecule has 0 bridgehead atoms. The van der Waals surface area contributed by atoms with Crippen molar-refractivity contribution in [3.8, 4) is 0 Å². The molecule has 1 aliphatic heterocycles. The Morgan fingerprint density at radius 3 is 2.62 bits per heavy atom. The smallest absolute Gasteiger partial charge is 0.0124 e. The maximum Gasteiger partial charge on any atom is 0.0124 e. The number of hydrogen-bond acceptors (Lipinski definition) is 2. The largest absolute Gasteiger partial charge is 0.313 e. The van der Waals surface area contributed by atoms with Crippen molar-refractivity contribution in [1.82, 2.24) is 10.2 Å². The number of fused-ring (bicyclic) bond motifs is 1. The fourth-order valence-electron chi connectivity index (χ4n) is 3.71. The first-order valence-electron chi connectivity index (χ1n) is 7.41. The van der Waals surface area contributed by atoms with Gasteiger partial charge in [-0.1, -0.05) is 12.8 Å². The number of rotatable bonds is 4. The van der Waals surface area contributed by atoms with Crippen LogP contribution in [0.2, 0.25) is 0 Å². The van der Waals surface area contributed by atoms with Crippen LogP contribution < -0.4 is 5.32 Å². The maximum atomic E-state index is 3.66. The quantitative estimate of drug-likeness (QED) is 0.786. The van der Waals surface area contributed by atoms with Crippen LogP contribution in [0.1, 0.15) is 51.4 Å². The van der Waals surface area contributed by atoms with E-state index >= 15 is 0 Å². The molecule has 1 N–H and O–H groups in total. The summed E-state index contributed by atoms with van der Waals surface area (Å²) >= 11 is 0. The molecule has 2 atom stereocenters. The fraction of sp³-hybridized carbons (Fsp3) is 1.00. The van der Waals surface area contributed by atoms with Gasteiger partial charge in [-0.3, -0.25) is 4.90 Å². The highest BCUT2D eigenvalue weighted by Gasteiger charge is 2.32. The standard InChI is InChI=1S/C14H26N2/c1-2-6-14-12(4-1)5-3-10-16(14)11-9-15-13-7-8-13/h12-15H,1-11H2. The van der Waals surface area contributed by atoms with Gasteiger partial charge < -0.3 is 5.32 Å². The monoisotopic (exact) mass is 222 g/mol. The van der Waals surface area contributed by atoms with Crippen molar-refractivity contribution in [1.29, 1.82) is 0 Å². The van der Waals surface area contributed by atoms with Gasteiger partial charge in [-0.2, -0.15) is 0 Å². The summed E-state index contributed by atoms with van der Waals surface area (Å²) in [6, 6.07) is 1.83. The summed E-state index contributed by atoms with van der Waals surface area (Å²) in [5.74, 6) is 1.04. The van der Waals surface area contributed by atoms with Crippen LogP contribution in [0.3, 0.4) is 0 Å². The van der Waals surface area contributed by atoms with E-state index in [0.29, 0.717) is 0 Å². The van der Waals surface area contributed by atoms with Crippen molar-refractivity contribution in [3.63, 3.8) is 0 Å². The number of hydrogen-bond donors (Lipinski definition) is 1. The molecule has 3 fully saturated rings. The molecule has 0 radical (unpaired) electrons. The van der Waals surface area contributed by atoms with Gasteiger partial charge in [0.1, 0.15) is 0 Å². The van der Waals surface area contributed by atoms with E-state index in [1.165, 1.54) is 71.0 Å². The van der Waals surface area contributed by atoms with Gasteiger partial charge in [-0.25, -0.2) is 0 Å². The first kappa shape index (κ1) is 11.0. The average Bonchev–Trinajstić information content (AvgIpc) is 3.13. The van der Waals surface area contributed by atoms with E-state index in [2.05, 4.69) is 10.2 Å². The normalized spacial score (nSPS) is 36.0. The summed E-state index contributed by atoms with van der Waals surface area (Å²) in [7, 11) is 0. The third kappa shape index (κ3) is 2.60. The summed E-state index contributed by atoms with van der Waals surface area (Å²) in [5.41, 5.74) is 0. The highest BCUT2D eigenvalue weighted by Crippen LogP contribution is 2.34. The van der Waals surface area contributed by atoms with E-state index in [0.717, 1.165) is 18.0 Å². The van der Waals surface area contributed by atoms with Crippen molar-refractivity contribution >= 4 is 0 Å². The van der Waals surface area contributed by atoms with Crippen molar-refractivity contribution in [3.05, 3.63) is 0 Å². The molecule has 92 valence electrons. The van der Waals surface area contributed by atoms with Gasteiger partial charge in [0.25, 0.3) is 0 Å². The van der Waals surface area contributed by atoms with Crippen LogP contribution in [-0.4, -0.2) is 36.6 Å². The third-order valence-electron chi connectivity index (χ3n) is 4.77. The minimum Gasteiger partial charge on any atom is -0.313 e. The van der Waals surface area contributed by atoms with Crippen LogP contribution in [-0.2, 0) is 0 Å². The minimum atomic E-state index is 0.881. The fourth-order valence-corrected chi connectivity index (χ4v) is 3.71. The van der Waals surface area contributed by atoms with Crippen molar-refractivity contribution in [2.24, 2.45) is 5.92 Å². The molecule has 2 aliphatic carbocycles. The molecule has 0 aromatic rings. The molecule has 0 spiro atoms. The lowest BCUT2D eigenvalue weighted by molar-refractivity contribution is 0.0618. The lowest BCUT2D eigenvalue weighted by Gasteiger charge is -2.44. The molecule has 2 nitrogen and oxygen atoms in total. The molecule has 16 heavy (non-hydrogen) atoms. The Hall–Kier alpha value is -0.0800. The van der Waals surface area contributed by atoms with Gasteiger partial charge in [0, 0.05) is 25.2 Å². The van der Waals surface area contributed by atoms with Crippen LogP contribution in [0.4, 0.5) is 0 Å². The molecular formula is C14H26N2. The molecular weight excluding hydrogens is 196 g/mol. The molecule has 3 aliphatic rings. The summed E-state index contributed by atoms with van der Waals surface area (Å²) < 4.78 is 0.